The van der Waals surface area contributed by atoms with Crippen LogP contribution < -0.4 is 5.73 Å². The molecule has 0 fully saturated rings. The second-order valence-corrected chi connectivity index (χ2v) is 6.04. The van der Waals surface area contributed by atoms with Crippen molar-refractivity contribution in [2.24, 2.45) is 5.73 Å². The lowest BCUT2D eigenvalue weighted by atomic mass is 10.1. The van der Waals surface area contributed by atoms with Gasteiger partial charge < -0.3 is 10.5 Å². The van der Waals surface area contributed by atoms with Crippen molar-refractivity contribution in [1.82, 2.24) is 0 Å². The van der Waals surface area contributed by atoms with Crippen LogP contribution in [0.1, 0.15) is 21.5 Å². The molecule has 4 nitrogen and oxygen atoms in total. The number of thioether (sulfide) groups is 1. The molecule has 0 radical (unpaired) electrons. The summed E-state index contributed by atoms with van der Waals surface area (Å²) in [5, 5.41) is 0. The summed E-state index contributed by atoms with van der Waals surface area (Å²) < 4.78 is 42.7. The predicted molar refractivity (Wildman–Crippen MR) is 86.9 cm³/mol. The molecular formula is C17H14F3NO3S. The zero-order valence-electron chi connectivity index (χ0n) is 12.9. The summed E-state index contributed by atoms with van der Waals surface area (Å²) in [6, 6.07) is 10.9. The second-order valence-electron chi connectivity index (χ2n) is 5.02. The number of ether oxygens (including phenoxy) is 1. The number of amides is 1. The van der Waals surface area contributed by atoms with E-state index in [4.69, 9.17) is 10.5 Å². The van der Waals surface area contributed by atoms with E-state index in [2.05, 4.69) is 0 Å². The minimum atomic E-state index is -4.41. The molecule has 25 heavy (non-hydrogen) atoms. The summed E-state index contributed by atoms with van der Waals surface area (Å²) >= 11 is 1.11. The maximum absolute atomic E-state index is 12.5. The van der Waals surface area contributed by atoms with E-state index >= 15 is 0 Å². The van der Waals surface area contributed by atoms with Gasteiger partial charge in [0.1, 0.15) is 6.61 Å². The lowest BCUT2D eigenvalue weighted by molar-refractivity contribution is -0.137. The molecule has 0 saturated heterocycles. The quantitative estimate of drug-likeness (QED) is 0.623. The van der Waals surface area contributed by atoms with E-state index in [9.17, 15) is 22.8 Å². The highest BCUT2D eigenvalue weighted by Gasteiger charge is 2.29. The molecule has 0 bridgehead atoms. The average molecular weight is 369 g/mol. The first-order valence-corrected chi connectivity index (χ1v) is 8.09. The van der Waals surface area contributed by atoms with Crippen molar-refractivity contribution in [1.29, 1.82) is 0 Å². The van der Waals surface area contributed by atoms with Gasteiger partial charge in [0.2, 0.25) is 5.91 Å². The lowest BCUT2D eigenvalue weighted by Gasteiger charge is -2.10. The summed E-state index contributed by atoms with van der Waals surface area (Å²) in [7, 11) is 0. The number of halogens is 3. The Morgan fingerprint density at radius 2 is 1.68 bits per heavy atom. The Morgan fingerprint density at radius 3 is 2.28 bits per heavy atom. The minimum Gasteiger partial charge on any atom is -0.457 e. The Kier molecular flexibility index (Phi) is 6.08. The van der Waals surface area contributed by atoms with Crippen molar-refractivity contribution >= 4 is 23.6 Å². The number of nitrogens with two attached hydrogens (primary N) is 1. The topological polar surface area (TPSA) is 69.4 Å². The average Bonchev–Trinajstić information content (AvgIpc) is 2.57. The van der Waals surface area contributed by atoms with E-state index in [-0.39, 0.29) is 17.9 Å². The molecule has 0 atom stereocenters. The van der Waals surface area contributed by atoms with Gasteiger partial charge in [-0.2, -0.15) is 13.2 Å². The molecule has 2 rings (SSSR count). The highest BCUT2D eigenvalue weighted by atomic mass is 32.2. The summed E-state index contributed by atoms with van der Waals surface area (Å²) in [4.78, 5) is 23.6. The van der Waals surface area contributed by atoms with E-state index in [1.807, 2.05) is 0 Å². The first kappa shape index (κ1) is 18.9. The fourth-order valence-corrected chi connectivity index (χ4v) is 2.71. The van der Waals surface area contributed by atoms with Crippen molar-refractivity contribution < 1.29 is 27.5 Å². The van der Waals surface area contributed by atoms with Gasteiger partial charge in [0.15, 0.2) is 0 Å². The van der Waals surface area contributed by atoms with E-state index in [1.165, 1.54) is 12.1 Å². The standard InChI is InChI=1S/C17H14F3NO3S/c18-17(19,20)12-7-5-11(6-8-12)9-24-16(23)13-3-1-2-4-14(13)25-10-15(21)22/h1-8H,9-10H2,(H2,21,22). The van der Waals surface area contributed by atoms with E-state index in [1.54, 1.807) is 24.3 Å². The number of rotatable bonds is 6. The summed E-state index contributed by atoms with van der Waals surface area (Å²) in [6.45, 7) is -0.161. The highest BCUT2D eigenvalue weighted by Crippen LogP contribution is 2.29. The van der Waals surface area contributed by atoms with Crippen molar-refractivity contribution in [3.05, 3.63) is 65.2 Å². The van der Waals surface area contributed by atoms with Crippen molar-refractivity contribution in [2.45, 2.75) is 17.7 Å². The number of benzene rings is 2. The van der Waals surface area contributed by atoms with Crippen LogP contribution in [0.15, 0.2) is 53.4 Å². The van der Waals surface area contributed by atoms with Crippen LogP contribution in [0.5, 0.6) is 0 Å². The highest BCUT2D eigenvalue weighted by molar-refractivity contribution is 8.00. The monoisotopic (exact) mass is 369 g/mol. The Bertz CT molecular complexity index is 760. The van der Waals surface area contributed by atoms with Gasteiger partial charge in [-0.15, -0.1) is 11.8 Å². The normalized spacial score (nSPS) is 11.2. The van der Waals surface area contributed by atoms with Gasteiger partial charge in [0.25, 0.3) is 0 Å². The molecule has 0 aliphatic rings. The first-order chi connectivity index (χ1) is 11.8. The number of hydrogen-bond donors (Lipinski definition) is 1. The number of carbonyl (C=O) groups excluding carboxylic acids is 2. The molecule has 0 aliphatic carbocycles. The molecule has 1 amide bonds. The van der Waals surface area contributed by atoms with Gasteiger partial charge >= 0.3 is 12.1 Å². The third-order valence-electron chi connectivity index (χ3n) is 3.13. The number of primary amides is 1. The molecule has 0 heterocycles. The Morgan fingerprint density at radius 1 is 1.04 bits per heavy atom. The predicted octanol–water partition coefficient (Wildman–Crippen LogP) is 3.64. The van der Waals surface area contributed by atoms with Gasteiger partial charge in [-0.05, 0) is 29.8 Å². The van der Waals surface area contributed by atoms with Crippen LogP contribution in [-0.2, 0) is 22.3 Å². The Labute approximate surface area is 146 Å². The SMILES string of the molecule is NC(=O)CSc1ccccc1C(=O)OCc1ccc(C(F)(F)F)cc1. The van der Waals surface area contributed by atoms with Crippen LogP contribution in [0, 0.1) is 0 Å². The lowest BCUT2D eigenvalue weighted by Crippen LogP contribution is -2.14. The number of alkyl halides is 3. The van der Waals surface area contributed by atoms with E-state index in [0.717, 1.165) is 23.9 Å². The smallest absolute Gasteiger partial charge is 0.416 e. The molecule has 0 spiro atoms. The molecule has 0 unspecified atom stereocenters. The van der Waals surface area contributed by atoms with Crippen LogP contribution in [0.2, 0.25) is 0 Å². The minimum absolute atomic E-state index is 0.0171. The molecule has 2 aromatic carbocycles. The molecule has 8 heteroatoms. The maximum Gasteiger partial charge on any atom is 0.416 e. The van der Waals surface area contributed by atoms with Crippen LogP contribution in [-0.4, -0.2) is 17.6 Å². The Hall–Kier alpha value is -2.48. The summed E-state index contributed by atoms with van der Waals surface area (Å²) in [6.07, 6.45) is -4.41. The zero-order chi connectivity index (χ0) is 18.4. The van der Waals surface area contributed by atoms with Crippen LogP contribution in [0.4, 0.5) is 13.2 Å². The van der Waals surface area contributed by atoms with E-state index in [0.29, 0.717) is 10.5 Å². The number of hydrogen-bond acceptors (Lipinski definition) is 4. The van der Waals surface area contributed by atoms with E-state index < -0.39 is 23.6 Å². The first-order valence-electron chi connectivity index (χ1n) is 7.11. The van der Waals surface area contributed by atoms with Crippen molar-refractivity contribution in [2.75, 3.05) is 5.75 Å². The molecule has 2 aromatic rings. The van der Waals surface area contributed by atoms with Crippen LogP contribution in [0.25, 0.3) is 0 Å². The molecule has 132 valence electrons. The molecule has 0 aromatic heterocycles. The third-order valence-corrected chi connectivity index (χ3v) is 4.22. The number of carbonyl (C=O) groups is 2. The van der Waals surface area contributed by atoms with Gasteiger partial charge in [-0.3, -0.25) is 4.79 Å². The largest absolute Gasteiger partial charge is 0.457 e. The summed E-state index contributed by atoms with van der Waals surface area (Å²) in [5.74, 6) is -1.13. The molecule has 0 saturated carbocycles. The fraction of sp³-hybridized carbons (Fsp3) is 0.176. The maximum atomic E-state index is 12.5. The van der Waals surface area contributed by atoms with Crippen LogP contribution in [0.3, 0.4) is 0 Å². The van der Waals surface area contributed by atoms with Crippen LogP contribution >= 0.6 is 11.8 Å². The summed E-state index contributed by atoms with van der Waals surface area (Å²) in [5.41, 5.74) is 5.02. The zero-order valence-corrected chi connectivity index (χ0v) is 13.7. The van der Waals surface area contributed by atoms with Crippen molar-refractivity contribution in [3.63, 3.8) is 0 Å². The molecular weight excluding hydrogens is 355 g/mol. The van der Waals surface area contributed by atoms with Gasteiger partial charge in [0.05, 0.1) is 16.9 Å². The van der Waals surface area contributed by atoms with Gasteiger partial charge in [0, 0.05) is 4.90 Å². The van der Waals surface area contributed by atoms with Gasteiger partial charge in [-0.1, -0.05) is 24.3 Å². The second kappa shape index (κ2) is 8.06. The van der Waals surface area contributed by atoms with Gasteiger partial charge in [-0.25, -0.2) is 4.79 Å². The molecule has 0 aliphatic heterocycles. The number of esters is 1. The fourth-order valence-electron chi connectivity index (χ4n) is 1.93. The third kappa shape index (κ3) is 5.53. The molecule has 2 N–H and O–H groups in total. The Balaban J connectivity index is 2.02. The van der Waals surface area contributed by atoms with Crippen molar-refractivity contribution in [3.8, 4) is 0 Å².